The van der Waals surface area contributed by atoms with Gasteiger partial charge in [-0.05, 0) is 13.3 Å². The number of amides is 1. The number of fused-ring (bicyclic) bond motifs is 1. The summed E-state index contributed by atoms with van der Waals surface area (Å²) in [5.41, 5.74) is 0.380. The van der Waals surface area contributed by atoms with E-state index in [1.54, 1.807) is 18.0 Å². The molecule has 0 N–H and O–H groups in total. The molecule has 2 aliphatic rings. The van der Waals surface area contributed by atoms with Crippen molar-refractivity contribution in [1.82, 2.24) is 25.0 Å². The van der Waals surface area contributed by atoms with Crippen molar-refractivity contribution in [2.75, 3.05) is 13.1 Å². The van der Waals surface area contributed by atoms with Crippen LogP contribution in [0.25, 0.3) is 0 Å². The fraction of sp³-hybridized carbons (Fsp3) is 0.533. The van der Waals surface area contributed by atoms with E-state index in [2.05, 4.69) is 20.1 Å². The summed E-state index contributed by atoms with van der Waals surface area (Å²) in [5.74, 6) is 1.52. The van der Waals surface area contributed by atoms with Crippen LogP contribution in [0.3, 0.4) is 0 Å². The van der Waals surface area contributed by atoms with Crippen LogP contribution in [0.1, 0.15) is 28.6 Å². The highest BCUT2D eigenvalue weighted by molar-refractivity contribution is 5.92. The van der Waals surface area contributed by atoms with Gasteiger partial charge in [0.15, 0.2) is 5.82 Å². The van der Waals surface area contributed by atoms with Gasteiger partial charge >= 0.3 is 0 Å². The summed E-state index contributed by atoms with van der Waals surface area (Å²) < 4.78 is 11.2. The minimum absolute atomic E-state index is 0.0737. The molecule has 4 heterocycles. The SMILES string of the molecule is Cc1noc(C[C@@H]2C[C@H]3CN(C(=O)c4cnccn4)C[C@H]3O2)n1. The first kappa shape index (κ1) is 14.3. The number of ether oxygens (including phenoxy) is 1. The van der Waals surface area contributed by atoms with Crippen molar-refractivity contribution in [3.05, 3.63) is 36.0 Å². The first-order valence-electron chi connectivity index (χ1n) is 7.69. The zero-order valence-corrected chi connectivity index (χ0v) is 12.8. The highest BCUT2D eigenvalue weighted by Crippen LogP contribution is 2.34. The molecule has 120 valence electrons. The molecular weight excluding hydrogens is 298 g/mol. The van der Waals surface area contributed by atoms with E-state index >= 15 is 0 Å². The summed E-state index contributed by atoms with van der Waals surface area (Å²) >= 11 is 0. The monoisotopic (exact) mass is 315 g/mol. The van der Waals surface area contributed by atoms with Gasteiger partial charge in [-0.1, -0.05) is 5.16 Å². The Morgan fingerprint density at radius 3 is 3.00 bits per heavy atom. The van der Waals surface area contributed by atoms with Crippen LogP contribution >= 0.6 is 0 Å². The van der Waals surface area contributed by atoms with E-state index in [1.807, 2.05) is 0 Å². The van der Waals surface area contributed by atoms with Crippen LogP contribution < -0.4 is 0 Å². The standard InChI is InChI=1S/C15H17N5O3/c1-9-18-14(23-19-9)5-11-4-10-7-20(8-13(10)22-11)15(21)12-6-16-2-3-17-12/h2-3,6,10-11,13H,4-5,7-8H2,1H3/t10-,11-,13+/m0/s1. The Morgan fingerprint density at radius 2 is 2.30 bits per heavy atom. The van der Waals surface area contributed by atoms with Gasteiger partial charge in [0.25, 0.3) is 5.91 Å². The molecule has 0 unspecified atom stereocenters. The molecule has 2 fully saturated rings. The van der Waals surface area contributed by atoms with Crippen molar-refractivity contribution < 1.29 is 14.1 Å². The number of hydrogen-bond acceptors (Lipinski definition) is 7. The predicted molar refractivity (Wildman–Crippen MR) is 77.4 cm³/mol. The maximum Gasteiger partial charge on any atom is 0.274 e. The molecule has 0 radical (unpaired) electrons. The van der Waals surface area contributed by atoms with E-state index in [0.29, 0.717) is 42.8 Å². The summed E-state index contributed by atoms with van der Waals surface area (Å²) in [6.45, 7) is 3.09. The third kappa shape index (κ3) is 2.81. The van der Waals surface area contributed by atoms with Gasteiger partial charge in [0.1, 0.15) is 5.69 Å². The van der Waals surface area contributed by atoms with Gasteiger partial charge in [-0.25, -0.2) is 4.98 Å². The Morgan fingerprint density at radius 1 is 1.39 bits per heavy atom. The molecule has 4 rings (SSSR count). The van der Waals surface area contributed by atoms with Crippen molar-refractivity contribution in [2.24, 2.45) is 5.92 Å². The smallest absolute Gasteiger partial charge is 0.274 e. The lowest BCUT2D eigenvalue weighted by Gasteiger charge is -2.18. The largest absolute Gasteiger partial charge is 0.372 e. The molecule has 0 spiro atoms. The summed E-state index contributed by atoms with van der Waals surface area (Å²) in [5, 5.41) is 3.79. The van der Waals surface area contributed by atoms with E-state index < -0.39 is 0 Å². The predicted octanol–water partition coefficient (Wildman–Crippen LogP) is 0.640. The molecule has 0 saturated carbocycles. The maximum atomic E-state index is 12.4. The van der Waals surface area contributed by atoms with Crippen LogP contribution in [0.4, 0.5) is 0 Å². The van der Waals surface area contributed by atoms with Gasteiger partial charge in [-0.15, -0.1) is 0 Å². The molecule has 8 heteroatoms. The minimum atomic E-state index is -0.0832. The lowest BCUT2D eigenvalue weighted by molar-refractivity contribution is 0.0329. The van der Waals surface area contributed by atoms with Gasteiger partial charge in [0, 0.05) is 31.4 Å². The summed E-state index contributed by atoms with van der Waals surface area (Å²) in [6, 6.07) is 0. The number of carbonyl (C=O) groups is 1. The summed E-state index contributed by atoms with van der Waals surface area (Å²) in [7, 11) is 0. The molecule has 23 heavy (non-hydrogen) atoms. The number of rotatable bonds is 3. The topological polar surface area (TPSA) is 94.2 Å². The second-order valence-corrected chi connectivity index (χ2v) is 6.03. The third-order valence-electron chi connectivity index (χ3n) is 4.36. The van der Waals surface area contributed by atoms with E-state index in [4.69, 9.17) is 9.26 Å². The lowest BCUT2D eigenvalue weighted by atomic mass is 10.0. The minimum Gasteiger partial charge on any atom is -0.372 e. The molecule has 2 aliphatic heterocycles. The van der Waals surface area contributed by atoms with Gasteiger partial charge in [0.2, 0.25) is 5.89 Å². The summed E-state index contributed by atoms with van der Waals surface area (Å²) in [6.07, 6.45) is 6.27. The molecule has 8 nitrogen and oxygen atoms in total. The zero-order valence-electron chi connectivity index (χ0n) is 12.8. The molecule has 1 amide bonds. The van der Waals surface area contributed by atoms with Gasteiger partial charge in [-0.3, -0.25) is 9.78 Å². The van der Waals surface area contributed by atoms with Crippen LogP contribution in [-0.4, -0.2) is 56.2 Å². The number of likely N-dealkylation sites (tertiary alicyclic amines) is 1. The number of nitrogens with zero attached hydrogens (tertiary/aromatic N) is 5. The Hall–Kier alpha value is -2.35. The quantitative estimate of drug-likeness (QED) is 0.820. The Bertz CT molecular complexity index is 690. The Kier molecular flexibility index (Phi) is 3.53. The molecular formula is C15H17N5O3. The zero-order chi connectivity index (χ0) is 15.8. The number of carbonyl (C=O) groups excluding carboxylic acids is 1. The third-order valence-corrected chi connectivity index (χ3v) is 4.36. The summed E-state index contributed by atoms with van der Waals surface area (Å²) in [4.78, 5) is 26.4. The molecule has 0 aliphatic carbocycles. The highest BCUT2D eigenvalue weighted by Gasteiger charge is 2.44. The van der Waals surface area contributed by atoms with Crippen molar-refractivity contribution >= 4 is 5.91 Å². The Labute approximate surface area is 132 Å². The van der Waals surface area contributed by atoms with Crippen molar-refractivity contribution in [3.8, 4) is 0 Å². The van der Waals surface area contributed by atoms with Crippen molar-refractivity contribution in [2.45, 2.75) is 32.0 Å². The Balaban J connectivity index is 1.36. The van der Waals surface area contributed by atoms with Crippen LogP contribution in [0, 0.1) is 12.8 Å². The number of hydrogen-bond donors (Lipinski definition) is 0. The number of aromatic nitrogens is 4. The van der Waals surface area contributed by atoms with E-state index in [-0.39, 0.29) is 18.1 Å². The van der Waals surface area contributed by atoms with Gasteiger partial charge in [-0.2, -0.15) is 4.98 Å². The van der Waals surface area contributed by atoms with Crippen LogP contribution in [0.5, 0.6) is 0 Å². The molecule has 2 aromatic heterocycles. The molecule has 0 aromatic carbocycles. The van der Waals surface area contributed by atoms with Crippen LogP contribution in [0.2, 0.25) is 0 Å². The average molecular weight is 315 g/mol. The average Bonchev–Trinajstić information content (AvgIpc) is 3.22. The normalized spacial score (nSPS) is 26.5. The van der Waals surface area contributed by atoms with Crippen molar-refractivity contribution in [3.63, 3.8) is 0 Å². The van der Waals surface area contributed by atoms with Crippen LogP contribution in [0.15, 0.2) is 23.1 Å². The first-order valence-corrected chi connectivity index (χ1v) is 7.69. The van der Waals surface area contributed by atoms with Gasteiger partial charge in [0.05, 0.1) is 24.8 Å². The highest BCUT2D eigenvalue weighted by atomic mass is 16.5. The fourth-order valence-corrected chi connectivity index (χ4v) is 3.35. The van der Waals surface area contributed by atoms with E-state index in [1.165, 1.54) is 12.4 Å². The van der Waals surface area contributed by atoms with E-state index in [0.717, 1.165) is 6.42 Å². The first-order chi connectivity index (χ1) is 11.2. The molecule has 3 atom stereocenters. The van der Waals surface area contributed by atoms with Gasteiger partial charge < -0.3 is 14.2 Å². The molecule has 2 aromatic rings. The second-order valence-electron chi connectivity index (χ2n) is 6.03. The fourth-order valence-electron chi connectivity index (χ4n) is 3.35. The second kappa shape index (κ2) is 5.69. The molecule has 2 saturated heterocycles. The lowest BCUT2D eigenvalue weighted by Crippen LogP contribution is -2.32. The van der Waals surface area contributed by atoms with Crippen molar-refractivity contribution in [1.29, 1.82) is 0 Å². The van der Waals surface area contributed by atoms with Crippen LogP contribution in [-0.2, 0) is 11.2 Å². The van der Waals surface area contributed by atoms with E-state index in [9.17, 15) is 4.79 Å². The number of aryl methyl sites for hydroxylation is 1. The maximum absolute atomic E-state index is 12.4. The molecule has 0 bridgehead atoms.